The standard InChI is InChI=1S/C22H30N6O2/c1-4-6-7-11-15-28-18-19(27(3)22(30)24-20(18)29)23-21(28)26-25-17(12-5-2)16-13-9-8-10-14-16/h8-10,13-14H,4-7,11-12,15H2,1-3H3,(H,23,26)(H,24,29,30)/b25-17-. The third-order valence-corrected chi connectivity index (χ3v) is 5.13. The molecule has 0 atom stereocenters. The van der Waals surface area contributed by atoms with Gasteiger partial charge < -0.3 is 4.57 Å². The first-order valence-electron chi connectivity index (χ1n) is 10.6. The molecule has 0 aliphatic heterocycles. The summed E-state index contributed by atoms with van der Waals surface area (Å²) < 4.78 is 3.19. The molecule has 3 rings (SSSR count). The summed E-state index contributed by atoms with van der Waals surface area (Å²) in [5.74, 6) is 0.470. The Balaban J connectivity index is 2.02. The van der Waals surface area contributed by atoms with Crippen molar-refractivity contribution in [3.05, 3.63) is 56.7 Å². The summed E-state index contributed by atoms with van der Waals surface area (Å²) in [7, 11) is 1.61. The molecule has 0 aliphatic rings. The largest absolute Gasteiger partial charge is 0.329 e. The minimum absolute atomic E-state index is 0.355. The van der Waals surface area contributed by atoms with Gasteiger partial charge in [0.2, 0.25) is 5.95 Å². The molecule has 0 bridgehead atoms. The van der Waals surface area contributed by atoms with Gasteiger partial charge in [-0.05, 0) is 18.4 Å². The molecule has 3 aromatic rings. The minimum atomic E-state index is -0.478. The van der Waals surface area contributed by atoms with E-state index in [1.54, 1.807) is 7.05 Å². The van der Waals surface area contributed by atoms with E-state index in [9.17, 15) is 9.59 Å². The Labute approximate surface area is 175 Å². The molecule has 0 saturated carbocycles. The van der Waals surface area contributed by atoms with Crippen molar-refractivity contribution in [2.75, 3.05) is 5.43 Å². The number of aromatic amines is 1. The lowest BCUT2D eigenvalue weighted by Gasteiger charge is -2.10. The van der Waals surface area contributed by atoms with Gasteiger partial charge in [0.25, 0.3) is 5.56 Å². The topological polar surface area (TPSA) is 97.1 Å². The number of nitrogens with zero attached hydrogens (tertiary/aromatic N) is 4. The molecule has 160 valence electrons. The number of imidazole rings is 1. The summed E-state index contributed by atoms with van der Waals surface area (Å²) >= 11 is 0. The molecule has 2 N–H and O–H groups in total. The second-order valence-electron chi connectivity index (χ2n) is 7.42. The molecule has 0 radical (unpaired) electrons. The van der Waals surface area contributed by atoms with Crippen molar-refractivity contribution in [3.8, 4) is 0 Å². The molecule has 0 fully saturated rings. The van der Waals surface area contributed by atoms with Crippen LogP contribution in [0.1, 0.15) is 57.9 Å². The van der Waals surface area contributed by atoms with Crippen molar-refractivity contribution < 1.29 is 0 Å². The summed E-state index contributed by atoms with van der Waals surface area (Å²) in [5, 5.41) is 4.62. The van der Waals surface area contributed by atoms with Crippen LogP contribution in [0, 0.1) is 0 Å². The molecule has 0 aliphatic carbocycles. The van der Waals surface area contributed by atoms with Crippen molar-refractivity contribution in [3.63, 3.8) is 0 Å². The molecule has 2 aromatic heterocycles. The zero-order chi connectivity index (χ0) is 21.5. The highest BCUT2D eigenvalue weighted by Gasteiger charge is 2.17. The zero-order valence-corrected chi connectivity index (χ0v) is 17.9. The summed E-state index contributed by atoms with van der Waals surface area (Å²) in [6.07, 6.45) is 6.02. The van der Waals surface area contributed by atoms with Crippen LogP contribution in [0.2, 0.25) is 0 Å². The molecule has 8 nitrogen and oxygen atoms in total. The first-order chi connectivity index (χ1) is 14.6. The quantitative estimate of drug-likeness (QED) is 0.303. The van der Waals surface area contributed by atoms with Gasteiger partial charge in [-0.2, -0.15) is 10.1 Å². The van der Waals surface area contributed by atoms with Gasteiger partial charge in [-0.1, -0.05) is 69.9 Å². The highest BCUT2D eigenvalue weighted by Crippen LogP contribution is 2.18. The maximum absolute atomic E-state index is 12.5. The van der Waals surface area contributed by atoms with Gasteiger partial charge in [0.1, 0.15) is 0 Å². The molecule has 0 spiro atoms. The van der Waals surface area contributed by atoms with E-state index in [4.69, 9.17) is 0 Å². The van der Waals surface area contributed by atoms with Gasteiger partial charge in [-0.25, -0.2) is 10.2 Å². The lowest BCUT2D eigenvalue weighted by atomic mass is 10.1. The van der Waals surface area contributed by atoms with Crippen molar-refractivity contribution in [1.82, 2.24) is 19.1 Å². The Morgan fingerprint density at radius 2 is 1.87 bits per heavy atom. The van der Waals surface area contributed by atoms with E-state index in [1.165, 1.54) is 4.57 Å². The Morgan fingerprint density at radius 1 is 1.10 bits per heavy atom. The third kappa shape index (κ3) is 4.69. The molecule has 1 aromatic carbocycles. The normalized spacial score (nSPS) is 11.9. The SMILES string of the molecule is CCCCCCn1c(N/N=C(/CCC)c2ccccc2)nc2c1c(=O)[nH]c(=O)n2C. The maximum Gasteiger partial charge on any atom is 0.329 e. The average molecular weight is 411 g/mol. The van der Waals surface area contributed by atoms with Crippen LogP contribution in [0.15, 0.2) is 45.0 Å². The van der Waals surface area contributed by atoms with Gasteiger partial charge in [-0.3, -0.25) is 14.3 Å². The van der Waals surface area contributed by atoms with Gasteiger partial charge in [-0.15, -0.1) is 0 Å². The van der Waals surface area contributed by atoms with Gasteiger partial charge in [0, 0.05) is 13.6 Å². The Morgan fingerprint density at radius 3 is 2.57 bits per heavy atom. The number of rotatable bonds is 10. The first kappa shape index (κ1) is 21.5. The smallest absolute Gasteiger partial charge is 0.303 e. The van der Waals surface area contributed by atoms with Crippen LogP contribution in [0.5, 0.6) is 0 Å². The second kappa shape index (κ2) is 10.0. The molecule has 0 saturated heterocycles. The summed E-state index contributed by atoms with van der Waals surface area (Å²) in [5.41, 5.74) is 4.88. The molecular formula is C22H30N6O2. The highest BCUT2D eigenvalue weighted by molar-refractivity contribution is 6.00. The maximum atomic E-state index is 12.5. The van der Waals surface area contributed by atoms with E-state index in [2.05, 4.69) is 34.3 Å². The van der Waals surface area contributed by atoms with Crippen molar-refractivity contribution in [1.29, 1.82) is 0 Å². The molecule has 8 heteroatoms. The van der Waals surface area contributed by atoms with Crippen LogP contribution in [0.25, 0.3) is 11.2 Å². The summed E-state index contributed by atoms with van der Waals surface area (Å²) in [6.45, 7) is 4.90. The number of anilines is 1. The van der Waals surface area contributed by atoms with Crippen LogP contribution in [0.4, 0.5) is 5.95 Å². The fraction of sp³-hybridized carbons (Fsp3) is 0.455. The Bertz CT molecular complexity index is 1120. The first-order valence-corrected chi connectivity index (χ1v) is 10.6. The number of hydrogen-bond donors (Lipinski definition) is 2. The number of hydrogen-bond acceptors (Lipinski definition) is 5. The Kier molecular flexibility index (Phi) is 7.21. The van der Waals surface area contributed by atoms with E-state index in [0.29, 0.717) is 23.7 Å². The number of aryl methyl sites for hydroxylation is 2. The zero-order valence-electron chi connectivity index (χ0n) is 17.9. The number of fused-ring (bicyclic) bond motifs is 1. The van der Waals surface area contributed by atoms with Crippen LogP contribution < -0.4 is 16.7 Å². The third-order valence-electron chi connectivity index (χ3n) is 5.13. The van der Waals surface area contributed by atoms with Crippen molar-refractivity contribution >= 4 is 22.8 Å². The number of nitrogens with one attached hydrogen (secondary N) is 2. The van der Waals surface area contributed by atoms with Gasteiger partial charge in [0.15, 0.2) is 11.2 Å². The van der Waals surface area contributed by atoms with Gasteiger partial charge >= 0.3 is 5.69 Å². The van der Waals surface area contributed by atoms with Crippen LogP contribution in [-0.2, 0) is 13.6 Å². The average Bonchev–Trinajstić information content (AvgIpc) is 3.12. The fourth-order valence-electron chi connectivity index (χ4n) is 3.48. The predicted molar refractivity (Wildman–Crippen MR) is 121 cm³/mol. The second-order valence-corrected chi connectivity index (χ2v) is 7.42. The number of hydrazone groups is 1. The predicted octanol–water partition coefficient (Wildman–Crippen LogP) is 3.62. The van der Waals surface area contributed by atoms with E-state index in [-0.39, 0.29) is 0 Å². The van der Waals surface area contributed by atoms with E-state index >= 15 is 0 Å². The molecular weight excluding hydrogens is 380 g/mol. The van der Waals surface area contributed by atoms with Crippen LogP contribution >= 0.6 is 0 Å². The van der Waals surface area contributed by atoms with E-state index in [0.717, 1.165) is 49.8 Å². The van der Waals surface area contributed by atoms with Crippen molar-refractivity contribution in [2.24, 2.45) is 12.1 Å². The van der Waals surface area contributed by atoms with E-state index in [1.807, 2.05) is 34.9 Å². The lowest BCUT2D eigenvalue weighted by molar-refractivity contribution is 0.593. The summed E-state index contributed by atoms with van der Waals surface area (Å²) in [6, 6.07) is 10.00. The van der Waals surface area contributed by atoms with Crippen LogP contribution in [-0.4, -0.2) is 24.8 Å². The highest BCUT2D eigenvalue weighted by atomic mass is 16.2. The monoisotopic (exact) mass is 410 g/mol. The van der Waals surface area contributed by atoms with Crippen LogP contribution in [0.3, 0.4) is 0 Å². The molecule has 30 heavy (non-hydrogen) atoms. The number of benzene rings is 1. The summed E-state index contributed by atoms with van der Waals surface area (Å²) in [4.78, 5) is 31.5. The van der Waals surface area contributed by atoms with Gasteiger partial charge in [0.05, 0.1) is 5.71 Å². The molecule has 0 amide bonds. The number of aromatic nitrogens is 4. The lowest BCUT2D eigenvalue weighted by Crippen LogP contribution is -2.29. The minimum Gasteiger partial charge on any atom is -0.303 e. The molecule has 0 unspecified atom stereocenters. The fourth-order valence-corrected chi connectivity index (χ4v) is 3.48. The number of H-pyrrole nitrogens is 1. The Hall–Kier alpha value is -3.16. The van der Waals surface area contributed by atoms with Crippen molar-refractivity contribution in [2.45, 2.75) is 58.9 Å². The van der Waals surface area contributed by atoms with E-state index < -0.39 is 11.2 Å². The number of unbranched alkanes of at least 4 members (excludes halogenated alkanes) is 3. The molecule has 2 heterocycles.